The fraction of sp³-hybridized carbons (Fsp3) is 0.417. The number of nitrogens with one attached hydrogen (secondary N) is 1. The van der Waals surface area contributed by atoms with E-state index in [1.54, 1.807) is 32.9 Å². The van der Waals surface area contributed by atoms with Crippen LogP contribution in [0.15, 0.2) is 42.5 Å². The van der Waals surface area contributed by atoms with E-state index >= 15 is 0 Å². The second kappa shape index (κ2) is 12.4. The Morgan fingerprint density at radius 2 is 1.73 bits per heavy atom. The molecule has 0 aliphatic rings. The third-order valence-electron chi connectivity index (χ3n) is 5.31. The number of benzene rings is 2. The first-order chi connectivity index (χ1) is 17.0. The number of halogens is 5. The molecule has 0 bridgehead atoms. The van der Waals surface area contributed by atoms with Gasteiger partial charge in [0.05, 0.1) is 17.5 Å². The van der Waals surface area contributed by atoms with Crippen molar-refractivity contribution in [3.63, 3.8) is 0 Å². The summed E-state index contributed by atoms with van der Waals surface area (Å²) in [4.78, 5) is 27.7. The first kappa shape index (κ1) is 30.7. The second-order valence-corrected chi connectivity index (χ2v) is 11.4. The Morgan fingerprint density at radius 3 is 2.24 bits per heavy atom. The fourth-order valence-electron chi connectivity index (χ4n) is 3.58. The summed E-state index contributed by atoms with van der Waals surface area (Å²) in [5.74, 6) is -1.28. The van der Waals surface area contributed by atoms with Gasteiger partial charge >= 0.3 is 6.18 Å². The fourth-order valence-corrected chi connectivity index (χ4v) is 4.89. The van der Waals surface area contributed by atoms with Gasteiger partial charge in [0.15, 0.2) is 0 Å². The van der Waals surface area contributed by atoms with Gasteiger partial charge in [0, 0.05) is 22.6 Å². The Kier molecular flexibility index (Phi) is 10.3. The Labute approximate surface area is 224 Å². The molecule has 13 heteroatoms. The van der Waals surface area contributed by atoms with Crippen LogP contribution in [0.2, 0.25) is 10.0 Å². The van der Waals surface area contributed by atoms with Crippen LogP contribution in [0.25, 0.3) is 0 Å². The molecule has 0 unspecified atom stereocenters. The van der Waals surface area contributed by atoms with E-state index in [-0.39, 0.29) is 29.7 Å². The van der Waals surface area contributed by atoms with Gasteiger partial charge in [-0.15, -0.1) is 0 Å². The molecule has 0 fully saturated rings. The average Bonchev–Trinajstić information content (AvgIpc) is 2.76. The molecule has 1 atom stereocenters. The summed E-state index contributed by atoms with van der Waals surface area (Å²) in [5.41, 5.74) is -0.964. The molecular formula is C24H28Cl2F3N3O4S. The van der Waals surface area contributed by atoms with Crippen molar-refractivity contribution in [2.24, 2.45) is 0 Å². The summed E-state index contributed by atoms with van der Waals surface area (Å²) < 4.78 is 65.5. The highest BCUT2D eigenvalue weighted by Crippen LogP contribution is 2.32. The number of alkyl halides is 3. The molecular weight excluding hydrogens is 554 g/mol. The SMILES string of the molecule is CC[C@H](C(=O)NC(C)C)N(Cc1ccc(Cl)cc1Cl)C(=O)CN(c1cccc(C(F)(F)F)c1)S(C)(=O)=O. The quantitative estimate of drug-likeness (QED) is 0.422. The number of nitrogens with zero attached hydrogens (tertiary/aromatic N) is 2. The van der Waals surface area contributed by atoms with Crippen molar-refractivity contribution in [3.8, 4) is 0 Å². The number of hydrogen-bond donors (Lipinski definition) is 1. The monoisotopic (exact) mass is 581 g/mol. The standard InChI is InChI=1S/C24H28Cl2F3N3O4S/c1-5-21(23(34)30-15(2)3)31(13-16-9-10-18(25)12-20(16)26)22(33)14-32(37(4,35)36)19-8-6-7-17(11-19)24(27,28)29/h6-12,15,21H,5,13-14H2,1-4H3,(H,30,34)/t21-/m1/s1. The zero-order valence-corrected chi connectivity index (χ0v) is 23.0. The highest BCUT2D eigenvalue weighted by atomic mass is 35.5. The Morgan fingerprint density at radius 1 is 1.08 bits per heavy atom. The van der Waals surface area contributed by atoms with Crippen LogP contribution in [0, 0.1) is 0 Å². The number of hydrogen-bond acceptors (Lipinski definition) is 4. The highest BCUT2D eigenvalue weighted by Gasteiger charge is 2.34. The van der Waals surface area contributed by atoms with E-state index < -0.39 is 46.2 Å². The minimum absolute atomic E-state index is 0.168. The molecule has 0 aromatic heterocycles. The van der Waals surface area contributed by atoms with Crippen LogP contribution in [0.4, 0.5) is 18.9 Å². The van der Waals surface area contributed by atoms with Crippen LogP contribution in [0.3, 0.4) is 0 Å². The van der Waals surface area contributed by atoms with Gasteiger partial charge in [-0.25, -0.2) is 8.42 Å². The number of rotatable bonds is 10. The van der Waals surface area contributed by atoms with Crippen molar-refractivity contribution < 1.29 is 31.2 Å². The summed E-state index contributed by atoms with van der Waals surface area (Å²) in [5, 5.41) is 3.31. The number of sulfonamides is 1. The Hall–Kier alpha value is -2.50. The van der Waals surface area contributed by atoms with E-state index in [0.717, 1.165) is 24.5 Å². The molecule has 0 saturated heterocycles. The van der Waals surface area contributed by atoms with E-state index in [2.05, 4.69) is 5.32 Å². The van der Waals surface area contributed by atoms with Crippen LogP contribution < -0.4 is 9.62 Å². The molecule has 0 radical (unpaired) electrons. The van der Waals surface area contributed by atoms with Crippen molar-refractivity contribution in [3.05, 3.63) is 63.6 Å². The van der Waals surface area contributed by atoms with Gasteiger partial charge in [-0.1, -0.05) is 42.3 Å². The van der Waals surface area contributed by atoms with Crippen LogP contribution in [0.1, 0.15) is 38.3 Å². The lowest BCUT2D eigenvalue weighted by Crippen LogP contribution is -2.53. The molecule has 0 aliphatic heterocycles. The van der Waals surface area contributed by atoms with E-state index in [1.807, 2.05) is 0 Å². The topological polar surface area (TPSA) is 86.8 Å². The lowest BCUT2D eigenvalue weighted by atomic mass is 10.1. The van der Waals surface area contributed by atoms with Crippen LogP contribution in [-0.2, 0) is 32.3 Å². The first-order valence-electron chi connectivity index (χ1n) is 11.2. The molecule has 7 nitrogen and oxygen atoms in total. The van der Waals surface area contributed by atoms with Gasteiger partial charge in [-0.05, 0) is 56.2 Å². The molecule has 2 rings (SSSR count). The minimum atomic E-state index is -4.72. The smallest absolute Gasteiger partial charge is 0.352 e. The first-order valence-corrected chi connectivity index (χ1v) is 13.8. The third-order valence-corrected chi connectivity index (χ3v) is 7.04. The number of carbonyl (C=O) groups is 2. The minimum Gasteiger partial charge on any atom is -0.352 e. The molecule has 0 aliphatic carbocycles. The Balaban J connectivity index is 2.53. The second-order valence-electron chi connectivity index (χ2n) is 8.66. The zero-order valence-electron chi connectivity index (χ0n) is 20.6. The summed E-state index contributed by atoms with van der Waals surface area (Å²) in [6.45, 7) is 4.16. The van der Waals surface area contributed by atoms with Crippen molar-refractivity contribution in [1.82, 2.24) is 10.2 Å². The molecule has 2 aromatic carbocycles. The molecule has 0 heterocycles. The Bertz CT molecular complexity index is 1240. The predicted molar refractivity (Wildman–Crippen MR) is 138 cm³/mol. The number of anilines is 1. The van der Waals surface area contributed by atoms with E-state index in [4.69, 9.17) is 23.2 Å². The van der Waals surface area contributed by atoms with E-state index in [9.17, 15) is 31.2 Å². The van der Waals surface area contributed by atoms with Crippen molar-refractivity contribution >= 4 is 50.7 Å². The summed E-state index contributed by atoms with van der Waals surface area (Å²) >= 11 is 12.3. The lowest BCUT2D eigenvalue weighted by molar-refractivity contribution is -0.140. The molecule has 2 amide bonds. The van der Waals surface area contributed by atoms with Crippen LogP contribution >= 0.6 is 23.2 Å². The third kappa shape index (κ3) is 8.51. The van der Waals surface area contributed by atoms with Gasteiger partial charge in [-0.2, -0.15) is 13.2 Å². The van der Waals surface area contributed by atoms with Crippen molar-refractivity contribution in [1.29, 1.82) is 0 Å². The van der Waals surface area contributed by atoms with Gasteiger partial charge in [0.25, 0.3) is 0 Å². The molecule has 0 spiro atoms. The van der Waals surface area contributed by atoms with Crippen LogP contribution in [-0.4, -0.2) is 50.0 Å². The van der Waals surface area contributed by atoms with E-state index in [1.165, 1.54) is 11.0 Å². The molecule has 37 heavy (non-hydrogen) atoms. The van der Waals surface area contributed by atoms with Gasteiger partial charge < -0.3 is 10.2 Å². The van der Waals surface area contributed by atoms with Gasteiger partial charge in [-0.3, -0.25) is 13.9 Å². The maximum absolute atomic E-state index is 13.6. The molecule has 2 aromatic rings. The van der Waals surface area contributed by atoms with Gasteiger partial charge in [0.1, 0.15) is 12.6 Å². The van der Waals surface area contributed by atoms with Gasteiger partial charge in [0.2, 0.25) is 21.8 Å². The molecule has 1 N–H and O–H groups in total. The maximum Gasteiger partial charge on any atom is 0.416 e. The normalized spacial score (nSPS) is 12.8. The predicted octanol–water partition coefficient (Wildman–Crippen LogP) is 5.11. The van der Waals surface area contributed by atoms with Crippen molar-refractivity contribution in [2.45, 2.75) is 52.0 Å². The average molecular weight is 582 g/mol. The van der Waals surface area contributed by atoms with Crippen molar-refractivity contribution in [2.75, 3.05) is 17.1 Å². The highest BCUT2D eigenvalue weighted by molar-refractivity contribution is 7.92. The molecule has 0 saturated carbocycles. The molecule has 204 valence electrons. The summed E-state index contributed by atoms with van der Waals surface area (Å²) in [7, 11) is -4.19. The summed E-state index contributed by atoms with van der Waals surface area (Å²) in [6.07, 6.45) is -3.76. The number of carbonyl (C=O) groups excluding carboxylic acids is 2. The zero-order chi connectivity index (χ0) is 28.1. The lowest BCUT2D eigenvalue weighted by Gasteiger charge is -2.33. The van der Waals surface area contributed by atoms with Crippen LogP contribution in [0.5, 0.6) is 0 Å². The largest absolute Gasteiger partial charge is 0.416 e. The maximum atomic E-state index is 13.6. The number of amides is 2. The van der Waals surface area contributed by atoms with E-state index in [0.29, 0.717) is 21.0 Å². The summed E-state index contributed by atoms with van der Waals surface area (Å²) in [6, 6.07) is 6.98.